The fourth-order valence-electron chi connectivity index (χ4n) is 1.82. The number of oxazole rings is 1. The Balaban J connectivity index is 2.17. The third-order valence-corrected chi connectivity index (χ3v) is 3.26. The molecule has 0 aliphatic rings. The van der Waals surface area contributed by atoms with Crippen LogP contribution >= 0.6 is 15.9 Å². The van der Waals surface area contributed by atoms with Crippen LogP contribution in [0.2, 0.25) is 0 Å². The lowest BCUT2D eigenvalue weighted by atomic mass is 10.2. The van der Waals surface area contributed by atoms with Gasteiger partial charge >= 0.3 is 0 Å². The SMILES string of the molecule is O=[N+]([O-])c1ccc2oc(-c3cc(Br)ccc3O)nc2c1. The van der Waals surface area contributed by atoms with Crippen LogP contribution in [0.3, 0.4) is 0 Å². The van der Waals surface area contributed by atoms with Crippen LogP contribution in [0.25, 0.3) is 22.6 Å². The van der Waals surface area contributed by atoms with E-state index in [4.69, 9.17) is 4.42 Å². The highest BCUT2D eigenvalue weighted by Gasteiger charge is 2.15. The maximum atomic E-state index is 10.7. The molecule has 1 N–H and O–H groups in total. The lowest BCUT2D eigenvalue weighted by Crippen LogP contribution is -1.86. The first-order valence-corrected chi connectivity index (χ1v) is 6.38. The van der Waals surface area contributed by atoms with Gasteiger partial charge in [-0.15, -0.1) is 0 Å². The molecule has 0 aliphatic carbocycles. The van der Waals surface area contributed by atoms with E-state index in [-0.39, 0.29) is 17.3 Å². The number of rotatable bonds is 2. The van der Waals surface area contributed by atoms with Crippen LogP contribution in [0.1, 0.15) is 0 Å². The molecular formula is C13H7BrN2O4. The highest BCUT2D eigenvalue weighted by atomic mass is 79.9. The standard InChI is InChI=1S/C13H7BrN2O4/c14-7-1-3-11(17)9(5-7)13-15-10-6-8(16(18)19)2-4-12(10)20-13/h1-6,17H. The Hall–Kier alpha value is -2.41. The van der Waals surface area contributed by atoms with E-state index in [2.05, 4.69) is 20.9 Å². The number of halogens is 1. The molecule has 1 heterocycles. The fraction of sp³-hybridized carbons (Fsp3) is 0. The summed E-state index contributed by atoms with van der Waals surface area (Å²) >= 11 is 3.30. The summed E-state index contributed by atoms with van der Waals surface area (Å²) < 4.78 is 6.27. The van der Waals surface area contributed by atoms with E-state index < -0.39 is 4.92 Å². The molecule has 3 rings (SSSR count). The monoisotopic (exact) mass is 334 g/mol. The van der Waals surface area contributed by atoms with Gasteiger partial charge in [-0.3, -0.25) is 10.1 Å². The minimum atomic E-state index is -0.496. The van der Waals surface area contributed by atoms with E-state index in [1.807, 2.05) is 0 Å². The number of aromatic hydroxyl groups is 1. The molecule has 0 amide bonds. The molecule has 0 aliphatic heterocycles. The zero-order chi connectivity index (χ0) is 14.3. The van der Waals surface area contributed by atoms with Crippen molar-refractivity contribution >= 4 is 32.7 Å². The molecule has 20 heavy (non-hydrogen) atoms. The quantitative estimate of drug-likeness (QED) is 0.567. The number of hydrogen-bond acceptors (Lipinski definition) is 5. The van der Waals surface area contributed by atoms with Crippen LogP contribution in [-0.4, -0.2) is 15.0 Å². The number of nitro benzene ring substituents is 1. The minimum absolute atomic E-state index is 0.0225. The summed E-state index contributed by atoms with van der Waals surface area (Å²) in [4.78, 5) is 14.4. The molecule has 0 saturated carbocycles. The normalized spacial score (nSPS) is 10.8. The van der Waals surface area contributed by atoms with Gasteiger partial charge in [0, 0.05) is 16.6 Å². The maximum absolute atomic E-state index is 10.7. The lowest BCUT2D eigenvalue weighted by molar-refractivity contribution is -0.384. The number of fused-ring (bicyclic) bond motifs is 1. The van der Waals surface area contributed by atoms with Gasteiger partial charge in [-0.2, -0.15) is 0 Å². The molecule has 1 aromatic heterocycles. The minimum Gasteiger partial charge on any atom is -0.507 e. The first-order valence-electron chi connectivity index (χ1n) is 5.58. The van der Waals surface area contributed by atoms with Gasteiger partial charge in [0.05, 0.1) is 10.5 Å². The zero-order valence-electron chi connectivity index (χ0n) is 9.91. The molecule has 6 nitrogen and oxygen atoms in total. The number of phenolic OH excluding ortho intramolecular Hbond substituents is 1. The smallest absolute Gasteiger partial charge is 0.271 e. The van der Waals surface area contributed by atoms with Crippen LogP contribution in [0.15, 0.2) is 45.3 Å². The van der Waals surface area contributed by atoms with Crippen molar-refractivity contribution in [3.8, 4) is 17.2 Å². The van der Waals surface area contributed by atoms with Gasteiger partial charge in [-0.05, 0) is 24.3 Å². The average molecular weight is 335 g/mol. The number of aromatic nitrogens is 1. The molecule has 3 aromatic rings. The van der Waals surface area contributed by atoms with Gasteiger partial charge in [0.25, 0.3) is 5.69 Å². The van der Waals surface area contributed by atoms with Crippen molar-refractivity contribution in [1.29, 1.82) is 0 Å². The Morgan fingerprint density at radius 2 is 2.05 bits per heavy atom. The number of benzene rings is 2. The maximum Gasteiger partial charge on any atom is 0.271 e. The van der Waals surface area contributed by atoms with Gasteiger partial charge in [-0.25, -0.2) is 4.98 Å². The molecule has 0 fully saturated rings. The Labute approximate surface area is 120 Å². The predicted molar refractivity (Wildman–Crippen MR) is 75.5 cm³/mol. The predicted octanol–water partition coefficient (Wildman–Crippen LogP) is 3.87. The van der Waals surface area contributed by atoms with Crippen LogP contribution in [-0.2, 0) is 0 Å². The molecule has 0 radical (unpaired) electrons. The van der Waals surface area contributed by atoms with E-state index in [1.165, 1.54) is 24.3 Å². The molecular weight excluding hydrogens is 328 g/mol. The topological polar surface area (TPSA) is 89.4 Å². The van der Waals surface area contributed by atoms with Crippen molar-refractivity contribution in [3.05, 3.63) is 51.0 Å². The molecule has 0 bridgehead atoms. The summed E-state index contributed by atoms with van der Waals surface area (Å²) in [6.07, 6.45) is 0. The van der Waals surface area contributed by atoms with Crippen molar-refractivity contribution in [2.75, 3.05) is 0 Å². The summed E-state index contributed by atoms with van der Waals surface area (Å²) in [5, 5.41) is 20.5. The van der Waals surface area contributed by atoms with Crippen molar-refractivity contribution in [3.63, 3.8) is 0 Å². The lowest BCUT2D eigenvalue weighted by Gasteiger charge is -1.99. The second-order valence-electron chi connectivity index (χ2n) is 4.09. The van der Waals surface area contributed by atoms with Gasteiger partial charge in [-0.1, -0.05) is 15.9 Å². The van der Waals surface area contributed by atoms with Crippen molar-refractivity contribution in [2.24, 2.45) is 0 Å². The Kier molecular flexibility index (Phi) is 2.90. The van der Waals surface area contributed by atoms with Gasteiger partial charge in [0.1, 0.15) is 11.3 Å². The largest absolute Gasteiger partial charge is 0.507 e. The van der Waals surface area contributed by atoms with E-state index in [0.717, 1.165) is 4.47 Å². The molecule has 0 saturated heterocycles. The summed E-state index contributed by atoms with van der Waals surface area (Å²) in [7, 11) is 0. The van der Waals surface area contributed by atoms with E-state index in [9.17, 15) is 15.2 Å². The number of non-ortho nitro benzene ring substituents is 1. The summed E-state index contributed by atoms with van der Waals surface area (Å²) in [6.45, 7) is 0. The Bertz CT molecular complexity index is 828. The highest BCUT2D eigenvalue weighted by molar-refractivity contribution is 9.10. The summed E-state index contributed by atoms with van der Waals surface area (Å²) in [5.74, 6) is 0.230. The second kappa shape index (κ2) is 4.61. The number of phenols is 1. The van der Waals surface area contributed by atoms with Crippen molar-refractivity contribution in [2.45, 2.75) is 0 Å². The third kappa shape index (κ3) is 2.12. The van der Waals surface area contributed by atoms with E-state index in [1.54, 1.807) is 12.1 Å². The first-order chi connectivity index (χ1) is 9.54. The Morgan fingerprint density at radius 1 is 1.25 bits per heavy atom. The number of nitrogens with zero attached hydrogens (tertiary/aromatic N) is 2. The second-order valence-corrected chi connectivity index (χ2v) is 5.01. The summed E-state index contributed by atoms with van der Waals surface area (Å²) in [5.41, 5.74) is 1.15. The summed E-state index contributed by atoms with van der Waals surface area (Å²) in [6, 6.07) is 9.02. The van der Waals surface area contributed by atoms with Crippen LogP contribution in [0.5, 0.6) is 5.75 Å². The van der Waals surface area contributed by atoms with Gasteiger partial charge in [0.2, 0.25) is 5.89 Å². The van der Waals surface area contributed by atoms with Crippen LogP contribution in [0.4, 0.5) is 5.69 Å². The molecule has 7 heteroatoms. The average Bonchev–Trinajstić information content (AvgIpc) is 2.83. The first kappa shape index (κ1) is 12.6. The Morgan fingerprint density at radius 3 is 2.80 bits per heavy atom. The van der Waals surface area contributed by atoms with E-state index in [0.29, 0.717) is 16.7 Å². The van der Waals surface area contributed by atoms with Gasteiger partial charge in [0.15, 0.2) is 5.58 Å². The third-order valence-electron chi connectivity index (χ3n) is 2.77. The van der Waals surface area contributed by atoms with Crippen LogP contribution in [0, 0.1) is 10.1 Å². The molecule has 0 unspecified atom stereocenters. The van der Waals surface area contributed by atoms with Crippen molar-refractivity contribution in [1.82, 2.24) is 4.98 Å². The fourth-order valence-corrected chi connectivity index (χ4v) is 2.19. The highest BCUT2D eigenvalue weighted by Crippen LogP contribution is 2.33. The molecule has 0 spiro atoms. The number of hydrogen-bond donors (Lipinski definition) is 1. The molecule has 100 valence electrons. The van der Waals surface area contributed by atoms with E-state index >= 15 is 0 Å². The van der Waals surface area contributed by atoms with Crippen molar-refractivity contribution < 1.29 is 14.4 Å². The molecule has 0 atom stereocenters. The van der Waals surface area contributed by atoms with Crippen LogP contribution < -0.4 is 0 Å². The zero-order valence-corrected chi connectivity index (χ0v) is 11.5. The van der Waals surface area contributed by atoms with Gasteiger partial charge < -0.3 is 9.52 Å². The number of nitro groups is 1. The molecule has 2 aromatic carbocycles.